The van der Waals surface area contributed by atoms with Gasteiger partial charge in [-0.3, -0.25) is 13.9 Å². The molecule has 2 aromatic carbocycles. The van der Waals surface area contributed by atoms with E-state index >= 15 is 0 Å². The van der Waals surface area contributed by atoms with Crippen LogP contribution in [0.4, 0.5) is 18.9 Å². The first-order valence-corrected chi connectivity index (χ1v) is 13.1. The van der Waals surface area contributed by atoms with E-state index in [1.54, 1.807) is 6.92 Å². The molecule has 0 fully saturated rings. The summed E-state index contributed by atoms with van der Waals surface area (Å²) in [6.45, 7) is 3.25. The van der Waals surface area contributed by atoms with Crippen molar-refractivity contribution in [3.8, 4) is 0 Å². The van der Waals surface area contributed by atoms with E-state index in [-0.39, 0.29) is 18.7 Å². The summed E-state index contributed by atoms with van der Waals surface area (Å²) in [5.74, 6) is -4.05. The van der Waals surface area contributed by atoms with Gasteiger partial charge in [0.05, 0.1) is 11.9 Å². The molecular formula is C24H30F3N3O4S. The molecule has 0 heterocycles. The average Bonchev–Trinajstić information content (AvgIpc) is 2.80. The lowest BCUT2D eigenvalue weighted by Crippen LogP contribution is -2.52. The van der Waals surface area contributed by atoms with E-state index in [0.717, 1.165) is 31.2 Å². The second kappa shape index (κ2) is 12.6. The quantitative estimate of drug-likeness (QED) is 0.440. The number of nitrogens with zero attached hydrogens (tertiary/aromatic N) is 2. The van der Waals surface area contributed by atoms with Gasteiger partial charge in [-0.15, -0.1) is 0 Å². The number of amides is 2. The summed E-state index contributed by atoms with van der Waals surface area (Å²) in [4.78, 5) is 27.5. The molecule has 2 rings (SSSR count). The van der Waals surface area contributed by atoms with Crippen molar-refractivity contribution in [1.29, 1.82) is 0 Å². The van der Waals surface area contributed by atoms with Gasteiger partial charge in [0.2, 0.25) is 21.8 Å². The summed E-state index contributed by atoms with van der Waals surface area (Å²) in [6, 6.07) is 6.90. The number of halogens is 3. The molecule has 0 bridgehead atoms. The molecule has 0 aromatic heterocycles. The van der Waals surface area contributed by atoms with E-state index in [1.807, 2.05) is 6.92 Å². The van der Waals surface area contributed by atoms with Gasteiger partial charge >= 0.3 is 0 Å². The lowest BCUT2D eigenvalue weighted by molar-refractivity contribution is -0.140. The number of benzene rings is 2. The third-order valence-corrected chi connectivity index (χ3v) is 6.49. The number of carbonyl (C=O) groups is 2. The number of unbranched alkanes of at least 4 members (excludes halogenated alkanes) is 1. The van der Waals surface area contributed by atoms with Crippen molar-refractivity contribution in [1.82, 2.24) is 10.2 Å². The molecule has 0 spiro atoms. The topological polar surface area (TPSA) is 86.8 Å². The van der Waals surface area contributed by atoms with E-state index < -0.39 is 51.9 Å². The van der Waals surface area contributed by atoms with Gasteiger partial charge in [0.15, 0.2) is 11.6 Å². The first-order chi connectivity index (χ1) is 16.5. The predicted molar refractivity (Wildman–Crippen MR) is 127 cm³/mol. The Kier molecular flexibility index (Phi) is 10.1. The molecule has 0 aliphatic carbocycles. The van der Waals surface area contributed by atoms with Crippen molar-refractivity contribution in [3.63, 3.8) is 0 Å². The molecule has 1 N–H and O–H groups in total. The number of sulfonamides is 1. The fourth-order valence-electron chi connectivity index (χ4n) is 3.47. The maximum Gasteiger partial charge on any atom is 0.244 e. The third kappa shape index (κ3) is 7.98. The summed E-state index contributed by atoms with van der Waals surface area (Å²) in [5.41, 5.74) is 0.292. The van der Waals surface area contributed by atoms with Crippen LogP contribution in [0.5, 0.6) is 0 Å². The summed E-state index contributed by atoms with van der Waals surface area (Å²) in [7, 11) is -4.08. The molecule has 2 aromatic rings. The SMILES string of the molecule is CCCCNC(=O)[C@H](CC)N(Cc1ccc(F)cc1)C(=O)CN(c1ccc(F)c(F)c1)S(C)(=O)=O. The number of carbonyl (C=O) groups excluding carboxylic acids is 2. The van der Waals surface area contributed by atoms with E-state index in [0.29, 0.717) is 22.5 Å². The summed E-state index contributed by atoms with van der Waals surface area (Å²) in [6.07, 6.45) is 2.66. The molecule has 0 saturated heterocycles. The molecule has 7 nitrogen and oxygen atoms in total. The van der Waals surface area contributed by atoms with Crippen LogP contribution in [0.2, 0.25) is 0 Å². The monoisotopic (exact) mass is 513 g/mol. The number of hydrogen-bond donors (Lipinski definition) is 1. The minimum absolute atomic E-state index is 0.0891. The van der Waals surface area contributed by atoms with Gasteiger partial charge in [0, 0.05) is 19.2 Å². The fraction of sp³-hybridized carbons (Fsp3) is 0.417. The molecule has 0 radical (unpaired) electrons. The van der Waals surface area contributed by atoms with E-state index in [1.165, 1.54) is 29.2 Å². The van der Waals surface area contributed by atoms with Crippen LogP contribution in [-0.2, 0) is 26.2 Å². The highest BCUT2D eigenvalue weighted by molar-refractivity contribution is 7.92. The summed E-state index contributed by atoms with van der Waals surface area (Å²) in [5, 5.41) is 2.78. The molecule has 0 aliphatic heterocycles. The molecule has 11 heteroatoms. The molecule has 35 heavy (non-hydrogen) atoms. The predicted octanol–water partition coefficient (Wildman–Crippen LogP) is 3.59. The van der Waals surface area contributed by atoms with E-state index in [4.69, 9.17) is 0 Å². The van der Waals surface area contributed by atoms with Gasteiger partial charge in [-0.2, -0.15) is 0 Å². The van der Waals surface area contributed by atoms with Gasteiger partial charge < -0.3 is 10.2 Å². The van der Waals surface area contributed by atoms with Crippen LogP contribution in [0.25, 0.3) is 0 Å². The largest absolute Gasteiger partial charge is 0.354 e. The van der Waals surface area contributed by atoms with Crippen molar-refractivity contribution in [2.45, 2.75) is 45.7 Å². The number of anilines is 1. The second-order valence-corrected chi connectivity index (χ2v) is 9.99. The molecule has 2 amide bonds. The minimum Gasteiger partial charge on any atom is -0.354 e. The summed E-state index contributed by atoms with van der Waals surface area (Å²) >= 11 is 0. The van der Waals surface area contributed by atoms with Crippen LogP contribution in [0.3, 0.4) is 0 Å². The Morgan fingerprint density at radius 2 is 1.66 bits per heavy atom. The highest BCUT2D eigenvalue weighted by Crippen LogP contribution is 2.22. The lowest BCUT2D eigenvalue weighted by atomic mass is 10.1. The van der Waals surface area contributed by atoms with Gasteiger partial charge in [-0.1, -0.05) is 32.4 Å². The summed E-state index contributed by atoms with van der Waals surface area (Å²) < 4.78 is 66.1. The zero-order chi connectivity index (χ0) is 26.2. The van der Waals surface area contributed by atoms with Crippen LogP contribution < -0.4 is 9.62 Å². The van der Waals surface area contributed by atoms with Gasteiger partial charge in [-0.05, 0) is 42.7 Å². The second-order valence-electron chi connectivity index (χ2n) is 8.08. The van der Waals surface area contributed by atoms with Crippen LogP contribution in [0, 0.1) is 17.5 Å². The molecular weight excluding hydrogens is 483 g/mol. The maximum absolute atomic E-state index is 13.8. The molecule has 192 valence electrons. The fourth-order valence-corrected chi connectivity index (χ4v) is 4.31. The Labute approximate surface area is 204 Å². The van der Waals surface area contributed by atoms with Crippen molar-refractivity contribution in [3.05, 3.63) is 65.5 Å². The minimum atomic E-state index is -4.08. The Morgan fingerprint density at radius 1 is 1.00 bits per heavy atom. The maximum atomic E-state index is 13.8. The Bertz CT molecular complexity index is 1130. The van der Waals surface area contributed by atoms with Crippen LogP contribution >= 0.6 is 0 Å². The van der Waals surface area contributed by atoms with E-state index in [9.17, 15) is 31.2 Å². The smallest absolute Gasteiger partial charge is 0.244 e. The van der Waals surface area contributed by atoms with Gasteiger partial charge in [0.25, 0.3) is 0 Å². The zero-order valence-corrected chi connectivity index (χ0v) is 20.7. The van der Waals surface area contributed by atoms with Crippen LogP contribution in [0.15, 0.2) is 42.5 Å². The number of rotatable bonds is 12. The first-order valence-electron chi connectivity index (χ1n) is 11.2. The number of nitrogens with one attached hydrogen (secondary N) is 1. The molecule has 0 saturated carbocycles. The molecule has 0 aliphatic rings. The Hall–Kier alpha value is -3.08. The lowest BCUT2D eigenvalue weighted by Gasteiger charge is -2.33. The van der Waals surface area contributed by atoms with Crippen molar-refractivity contribution in [2.75, 3.05) is 23.7 Å². The normalized spacial score (nSPS) is 12.2. The highest BCUT2D eigenvalue weighted by atomic mass is 32.2. The zero-order valence-electron chi connectivity index (χ0n) is 19.9. The van der Waals surface area contributed by atoms with Gasteiger partial charge in [-0.25, -0.2) is 21.6 Å². The van der Waals surface area contributed by atoms with Crippen LogP contribution in [-0.4, -0.2) is 50.5 Å². The van der Waals surface area contributed by atoms with Crippen molar-refractivity contribution >= 4 is 27.5 Å². The average molecular weight is 514 g/mol. The van der Waals surface area contributed by atoms with Gasteiger partial charge in [0.1, 0.15) is 18.4 Å². The highest BCUT2D eigenvalue weighted by Gasteiger charge is 2.31. The Balaban J connectivity index is 2.41. The third-order valence-electron chi connectivity index (χ3n) is 5.35. The van der Waals surface area contributed by atoms with Crippen molar-refractivity contribution in [2.24, 2.45) is 0 Å². The Morgan fingerprint density at radius 3 is 2.20 bits per heavy atom. The molecule has 1 atom stereocenters. The molecule has 0 unspecified atom stereocenters. The van der Waals surface area contributed by atoms with Crippen LogP contribution in [0.1, 0.15) is 38.7 Å². The number of hydrogen-bond acceptors (Lipinski definition) is 4. The standard InChI is InChI=1S/C24H30F3N3O4S/c1-4-6-13-28-24(32)22(5-2)29(15-17-7-9-18(25)10-8-17)23(31)16-30(35(3,33)34)19-11-12-20(26)21(27)14-19/h7-12,14,22H,4-6,13,15-16H2,1-3H3,(H,28,32)/t22-/m0/s1. The van der Waals surface area contributed by atoms with Crippen molar-refractivity contribution < 1.29 is 31.2 Å². The first kappa shape index (κ1) is 28.2. The van der Waals surface area contributed by atoms with E-state index in [2.05, 4.69) is 5.32 Å².